The fourth-order valence-electron chi connectivity index (χ4n) is 8.98. The Kier molecular flexibility index (Phi) is 6.91. The van der Waals surface area contributed by atoms with Gasteiger partial charge in [0.05, 0.1) is 69.4 Å². The summed E-state index contributed by atoms with van der Waals surface area (Å²) in [5, 5.41) is 2.29. The largest absolute Gasteiger partial charge is 0.455 e. The molecule has 0 unspecified atom stereocenters. The second-order valence-electron chi connectivity index (χ2n) is 16.0. The Morgan fingerprint density at radius 1 is 0.350 bits per heavy atom. The zero-order chi connectivity index (χ0) is 39.7. The first-order chi connectivity index (χ1) is 29.3. The summed E-state index contributed by atoms with van der Waals surface area (Å²) in [5.74, 6) is 1.87. The van der Waals surface area contributed by atoms with Gasteiger partial charge in [-0.2, -0.15) is 0 Å². The molecule has 0 N–H and O–H groups in total. The van der Waals surface area contributed by atoms with Crippen LogP contribution < -0.4 is 0 Å². The summed E-state index contributed by atoms with van der Waals surface area (Å²) in [6.07, 6.45) is 0. The maximum atomic E-state index is 6.46. The lowest BCUT2D eigenvalue weighted by atomic mass is 10.2. The molecule has 0 amide bonds. The molecule has 288 valence electrons. The molecule has 14 aromatic rings. The molecule has 14 rings (SSSR count). The van der Waals surface area contributed by atoms with Crippen molar-refractivity contribution in [3.63, 3.8) is 0 Å². The van der Waals surface area contributed by atoms with E-state index in [-0.39, 0.29) is 0 Å². The molecule has 0 saturated carbocycles. The number of aromatic nitrogens is 2. The molecule has 10 heterocycles. The molecule has 0 saturated heterocycles. The lowest BCUT2D eigenvalue weighted by Crippen LogP contribution is -1.93. The number of nitrogens with zero attached hydrogens (tertiary/aromatic N) is 2. The highest BCUT2D eigenvalue weighted by Gasteiger charge is 2.30. The third kappa shape index (κ3) is 4.69. The molecule has 0 aliphatic heterocycles. The summed E-state index contributed by atoms with van der Waals surface area (Å²) in [5.41, 5.74) is 14.5. The van der Waals surface area contributed by atoms with Crippen LogP contribution >= 0.6 is 68.0 Å². The highest BCUT2D eigenvalue weighted by Crippen LogP contribution is 2.57. The summed E-state index contributed by atoms with van der Waals surface area (Å²) in [7, 11) is 0. The van der Waals surface area contributed by atoms with Crippen molar-refractivity contribution >= 4 is 159 Å². The number of rotatable bonds is 4. The number of benzene rings is 4. The van der Waals surface area contributed by atoms with E-state index >= 15 is 0 Å². The van der Waals surface area contributed by atoms with Gasteiger partial charge in [-0.1, -0.05) is 59.7 Å². The molecule has 10 heteroatoms. The zero-order valence-corrected chi connectivity index (χ0v) is 37.5. The van der Waals surface area contributed by atoms with Crippen molar-refractivity contribution in [3.05, 3.63) is 131 Å². The quantitative estimate of drug-likeness (QED) is 0.177. The first kappa shape index (κ1) is 34.3. The van der Waals surface area contributed by atoms with Crippen molar-refractivity contribution in [2.75, 3.05) is 0 Å². The lowest BCUT2D eigenvalue weighted by Gasteiger charge is -2.08. The molecule has 0 aliphatic carbocycles. The van der Waals surface area contributed by atoms with Crippen LogP contribution in [0, 0.1) is 27.7 Å². The fraction of sp³-hybridized carbons (Fsp3) is 0.0800. The molecule has 10 aromatic heterocycles. The number of hydrogen-bond donors (Lipinski definition) is 0. The fourth-order valence-corrected chi connectivity index (χ4v) is 17.2. The van der Waals surface area contributed by atoms with E-state index in [2.05, 4.69) is 146 Å². The Bertz CT molecular complexity index is 3830. The summed E-state index contributed by atoms with van der Waals surface area (Å²) in [6, 6.07) is 40.1. The van der Waals surface area contributed by atoms with Crippen LogP contribution in [-0.4, -0.2) is 9.13 Å². The van der Waals surface area contributed by atoms with Gasteiger partial charge < -0.3 is 18.0 Å². The van der Waals surface area contributed by atoms with E-state index in [0.29, 0.717) is 0 Å². The van der Waals surface area contributed by atoms with Crippen LogP contribution in [0.4, 0.5) is 0 Å². The molecule has 0 radical (unpaired) electrons. The maximum absolute atomic E-state index is 6.46. The normalized spacial score (nSPS) is 12.7. The van der Waals surface area contributed by atoms with Crippen LogP contribution in [0.25, 0.3) is 124 Å². The molecule has 0 spiro atoms. The van der Waals surface area contributed by atoms with Crippen molar-refractivity contribution < 1.29 is 8.83 Å². The van der Waals surface area contributed by atoms with Crippen LogP contribution in [-0.2, 0) is 0 Å². The predicted molar refractivity (Wildman–Crippen MR) is 264 cm³/mol. The number of aryl methyl sites for hydroxylation is 4. The van der Waals surface area contributed by atoms with Crippen LogP contribution in [0.2, 0.25) is 0 Å². The van der Waals surface area contributed by atoms with Gasteiger partial charge in [0.2, 0.25) is 0 Å². The Morgan fingerprint density at radius 2 is 0.717 bits per heavy atom. The van der Waals surface area contributed by atoms with E-state index in [1.54, 1.807) is 0 Å². The van der Waals surface area contributed by atoms with Crippen molar-refractivity contribution in [1.29, 1.82) is 0 Å². The van der Waals surface area contributed by atoms with Gasteiger partial charge in [0.25, 0.3) is 0 Å². The van der Waals surface area contributed by atoms with Gasteiger partial charge in [-0.3, -0.25) is 0 Å². The van der Waals surface area contributed by atoms with Crippen molar-refractivity contribution in [1.82, 2.24) is 9.13 Å². The van der Waals surface area contributed by atoms with Crippen molar-refractivity contribution in [3.8, 4) is 32.6 Å². The summed E-state index contributed by atoms with van der Waals surface area (Å²) in [4.78, 5) is 2.34. The van der Waals surface area contributed by atoms with Gasteiger partial charge in [-0.15, -0.1) is 68.0 Å². The van der Waals surface area contributed by atoms with Gasteiger partial charge in [0.1, 0.15) is 22.7 Å². The van der Waals surface area contributed by atoms with Gasteiger partial charge in [-0.25, -0.2) is 0 Å². The molecule has 0 bridgehead atoms. The number of hydrogen-bond acceptors (Lipinski definition) is 8. The summed E-state index contributed by atoms with van der Waals surface area (Å²) >= 11 is 11.5. The Morgan fingerprint density at radius 3 is 1.13 bits per heavy atom. The first-order valence-electron chi connectivity index (χ1n) is 19.8. The van der Waals surface area contributed by atoms with Crippen molar-refractivity contribution in [2.45, 2.75) is 27.7 Å². The number of furan rings is 2. The molecular formula is C50H30N2O2S6. The Labute approximate surface area is 366 Å². The molecule has 0 aliphatic rings. The zero-order valence-electron chi connectivity index (χ0n) is 32.6. The minimum Gasteiger partial charge on any atom is -0.455 e. The monoisotopic (exact) mass is 882 g/mol. The molecule has 4 nitrogen and oxygen atoms in total. The van der Waals surface area contributed by atoms with E-state index in [1.807, 2.05) is 68.0 Å². The van der Waals surface area contributed by atoms with Gasteiger partial charge in [-0.05, 0) is 99.5 Å². The van der Waals surface area contributed by atoms with E-state index in [0.717, 1.165) is 33.5 Å². The third-order valence-corrected chi connectivity index (χ3v) is 19.5. The maximum Gasteiger partial charge on any atom is 0.145 e. The smallest absolute Gasteiger partial charge is 0.145 e. The minimum absolute atomic E-state index is 0.937. The van der Waals surface area contributed by atoms with E-state index in [4.69, 9.17) is 8.83 Å². The van der Waals surface area contributed by atoms with Crippen LogP contribution in [0.15, 0.2) is 118 Å². The predicted octanol–water partition coefficient (Wildman–Crippen LogP) is 17.8. The van der Waals surface area contributed by atoms with Crippen molar-refractivity contribution in [2.24, 2.45) is 0 Å². The Hall–Kier alpha value is -5.46. The van der Waals surface area contributed by atoms with Crippen LogP contribution in [0.3, 0.4) is 0 Å². The van der Waals surface area contributed by atoms with Gasteiger partial charge in [0, 0.05) is 31.5 Å². The highest BCUT2D eigenvalue weighted by atomic mass is 32.1. The SMILES string of the molecule is Cc1ccc(-n2c3c4sc(-c5cc6ccc(C)cc6o5)cc4sc3c3sc4c(sc5c6sc7cc(-c8cc9ccc(C)cc9o8)sc7c6n(-c6ccc(C)cc6)c54)c32)cc1. The van der Waals surface area contributed by atoms with E-state index in [1.165, 1.54) is 112 Å². The van der Waals surface area contributed by atoms with E-state index in [9.17, 15) is 0 Å². The number of thiophene rings is 6. The average Bonchev–Trinajstić information content (AvgIpc) is 4.08. The topological polar surface area (TPSA) is 36.1 Å². The molecule has 4 aromatic carbocycles. The molecule has 0 fully saturated rings. The lowest BCUT2D eigenvalue weighted by molar-refractivity contribution is 0.632. The highest BCUT2D eigenvalue weighted by molar-refractivity contribution is 7.42. The Balaban J connectivity index is 1.04. The summed E-state index contributed by atoms with van der Waals surface area (Å²) in [6.45, 7) is 8.58. The first-order valence-corrected chi connectivity index (χ1v) is 24.7. The average molecular weight is 883 g/mol. The molecular weight excluding hydrogens is 853 g/mol. The minimum atomic E-state index is 0.937. The number of fused-ring (bicyclic) bond motifs is 15. The third-order valence-electron chi connectivity index (χ3n) is 11.9. The van der Waals surface area contributed by atoms with Gasteiger partial charge in [0.15, 0.2) is 0 Å². The van der Waals surface area contributed by atoms with E-state index < -0.39 is 0 Å². The molecule has 60 heavy (non-hydrogen) atoms. The standard InChI is InChI=1S/C50H30N2O2S6/c1-23-7-13-29(14-8-23)51-39-43-37(21-35(55-43)33-19-27-11-5-25(3)17-31(27)53-33)57-45(39)47-41(51)49-50(59-47)42-48(60-49)46-40(52(42)30-15-9-24(2)10-16-30)44-38(58-46)22-36(56-44)34-20-28-12-6-26(4)18-32(28)54-34/h5-22H,1-4H3. The van der Waals surface area contributed by atoms with Crippen LogP contribution in [0.5, 0.6) is 0 Å². The summed E-state index contributed by atoms with van der Waals surface area (Å²) < 4.78 is 31.5. The van der Waals surface area contributed by atoms with Crippen LogP contribution in [0.1, 0.15) is 22.3 Å². The van der Waals surface area contributed by atoms with Gasteiger partial charge >= 0.3 is 0 Å². The molecule has 0 atom stereocenters. The second-order valence-corrected chi connectivity index (χ2v) is 22.3. The second kappa shape index (κ2) is 12.1.